The minimum atomic E-state index is 0.775. The Morgan fingerprint density at radius 1 is 1.06 bits per heavy atom. The molecule has 0 amide bonds. The zero-order chi connectivity index (χ0) is 11.0. The summed E-state index contributed by atoms with van der Waals surface area (Å²) in [6.45, 7) is 0. The summed E-state index contributed by atoms with van der Waals surface area (Å²) in [4.78, 5) is 5.52. The number of fused-ring (bicyclic) bond motifs is 1. The number of nitrogens with zero attached hydrogens (tertiary/aromatic N) is 1. The van der Waals surface area contributed by atoms with Gasteiger partial charge in [0.1, 0.15) is 0 Å². The lowest BCUT2D eigenvalue weighted by Crippen LogP contribution is -1.70. The summed E-state index contributed by atoms with van der Waals surface area (Å²) < 4.78 is 1.06. The van der Waals surface area contributed by atoms with E-state index in [0.29, 0.717) is 0 Å². The highest BCUT2D eigenvalue weighted by Gasteiger charge is 2.07. The summed E-state index contributed by atoms with van der Waals surface area (Å²) >= 11 is 7.81. The van der Waals surface area contributed by atoms with Crippen molar-refractivity contribution < 1.29 is 0 Å². The molecule has 1 aromatic carbocycles. The summed E-state index contributed by atoms with van der Waals surface area (Å²) in [5.74, 6) is 0. The number of halogens is 1. The molecular weight excluding hydrogens is 238 g/mol. The third-order valence-electron chi connectivity index (χ3n) is 2.42. The molecule has 78 valence electrons. The van der Waals surface area contributed by atoms with Gasteiger partial charge in [0.05, 0.1) is 15.2 Å². The van der Waals surface area contributed by atoms with Gasteiger partial charge in [0.25, 0.3) is 0 Å². The minimum absolute atomic E-state index is 0.775. The summed E-state index contributed by atoms with van der Waals surface area (Å²) in [5, 5.41) is 0.775. The first-order valence-electron chi connectivity index (χ1n) is 4.94. The highest BCUT2D eigenvalue weighted by atomic mass is 35.5. The molecule has 0 aliphatic heterocycles. The molecule has 0 atom stereocenters. The van der Waals surface area contributed by atoms with Gasteiger partial charge < -0.3 is 0 Å². The van der Waals surface area contributed by atoms with E-state index in [1.807, 2.05) is 24.3 Å². The first kappa shape index (κ1) is 9.82. The van der Waals surface area contributed by atoms with Crippen LogP contribution >= 0.6 is 22.9 Å². The first-order valence-corrected chi connectivity index (χ1v) is 6.13. The number of hydrogen-bond acceptors (Lipinski definition) is 2. The van der Waals surface area contributed by atoms with Crippen LogP contribution in [0, 0.1) is 0 Å². The van der Waals surface area contributed by atoms with Crippen LogP contribution in [0.1, 0.15) is 0 Å². The van der Waals surface area contributed by atoms with Crippen molar-refractivity contribution in [2.75, 3.05) is 0 Å². The van der Waals surface area contributed by atoms with Crippen molar-refractivity contribution in [3.05, 3.63) is 53.7 Å². The van der Waals surface area contributed by atoms with Crippen LogP contribution in [0.2, 0.25) is 5.02 Å². The van der Waals surface area contributed by atoms with Gasteiger partial charge >= 0.3 is 0 Å². The van der Waals surface area contributed by atoms with Crippen LogP contribution in [0.25, 0.3) is 20.7 Å². The van der Waals surface area contributed by atoms with Gasteiger partial charge in [0, 0.05) is 11.1 Å². The molecule has 2 heterocycles. The largest absolute Gasteiger partial charge is 0.255 e. The molecule has 3 aromatic rings. The second kappa shape index (κ2) is 3.89. The third-order valence-corrected chi connectivity index (χ3v) is 4.06. The Morgan fingerprint density at radius 2 is 1.88 bits per heavy atom. The van der Waals surface area contributed by atoms with Gasteiger partial charge in [-0.2, -0.15) is 0 Å². The van der Waals surface area contributed by atoms with E-state index in [1.165, 1.54) is 10.4 Å². The van der Waals surface area contributed by atoms with Crippen LogP contribution < -0.4 is 0 Å². The molecule has 0 unspecified atom stereocenters. The number of rotatable bonds is 1. The van der Waals surface area contributed by atoms with Gasteiger partial charge in [0.15, 0.2) is 0 Å². The van der Waals surface area contributed by atoms with E-state index in [-0.39, 0.29) is 0 Å². The fourth-order valence-electron chi connectivity index (χ4n) is 1.65. The molecule has 16 heavy (non-hydrogen) atoms. The maximum absolute atomic E-state index is 6.13. The van der Waals surface area contributed by atoms with Gasteiger partial charge in [-0.1, -0.05) is 41.9 Å². The van der Waals surface area contributed by atoms with Crippen LogP contribution in [0.4, 0.5) is 0 Å². The van der Waals surface area contributed by atoms with Gasteiger partial charge in [0.2, 0.25) is 0 Å². The lowest BCUT2D eigenvalue weighted by molar-refractivity contribution is 1.43. The van der Waals surface area contributed by atoms with Crippen molar-refractivity contribution in [3.63, 3.8) is 0 Å². The maximum Gasteiger partial charge on any atom is 0.0831 e. The smallest absolute Gasteiger partial charge is 0.0831 e. The highest BCUT2D eigenvalue weighted by molar-refractivity contribution is 7.22. The van der Waals surface area contributed by atoms with Crippen LogP contribution in [0.3, 0.4) is 0 Å². The monoisotopic (exact) mass is 245 g/mol. The van der Waals surface area contributed by atoms with E-state index in [4.69, 9.17) is 11.6 Å². The van der Waals surface area contributed by atoms with Crippen LogP contribution in [0.15, 0.2) is 48.7 Å². The standard InChI is InChI=1S/C13H8ClNS/c14-10-6-7-15-11-8-12(16-13(10)11)9-4-2-1-3-5-9/h1-8H. The molecule has 2 aromatic heterocycles. The highest BCUT2D eigenvalue weighted by Crippen LogP contribution is 2.35. The number of benzene rings is 1. The molecule has 0 radical (unpaired) electrons. The SMILES string of the molecule is Clc1ccnc2cc(-c3ccccc3)sc12. The van der Waals surface area contributed by atoms with Gasteiger partial charge in [-0.05, 0) is 17.7 Å². The Morgan fingerprint density at radius 3 is 2.62 bits per heavy atom. The normalized spacial score (nSPS) is 10.8. The number of hydrogen-bond donors (Lipinski definition) is 0. The minimum Gasteiger partial charge on any atom is -0.255 e. The fraction of sp³-hybridized carbons (Fsp3) is 0. The second-order valence-electron chi connectivity index (χ2n) is 3.48. The van der Waals surface area contributed by atoms with Crippen molar-refractivity contribution in [3.8, 4) is 10.4 Å². The van der Waals surface area contributed by atoms with Gasteiger partial charge in [-0.25, -0.2) is 0 Å². The summed E-state index contributed by atoms with van der Waals surface area (Å²) in [5.41, 5.74) is 2.18. The van der Waals surface area contributed by atoms with Crippen LogP contribution in [-0.4, -0.2) is 4.98 Å². The van der Waals surface area contributed by atoms with E-state index in [0.717, 1.165) is 15.2 Å². The number of thiophene rings is 1. The van der Waals surface area contributed by atoms with E-state index >= 15 is 0 Å². The lowest BCUT2D eigenvalue weighted by Gasteiger charge is -1.93. The molecule has 0 fully saturated rings. The Bertz CT molecular complexity index is 631. The Hall–Kier alpha value is -1.38. The van der Waals surface area contributed by atoms with Crippen molar-refractivity contribution in [1.29, 1.82) is 0 Å². The summed E-state index contributed by atoms with van der Waals surface area (Å²) in [6, 6.07) is 14.2. The fourth-order valence-corrected chi connectivity index (χ4v) is 2.95. The topological polar surface area (TPSA) is 12.9 Å². The molecule has 0 aliphatic rings. The molecule has 1 nitrogen and oxygen atoms in total. The average Bonchev–Trinajstić information content (AvgIpc) is 2.76. The van der Waals surface area contributed by atoms with E-state index in [2.05, 4.69) is 23.2 Å². The van der Waals surface area contributed by atoms with Crippen molar-refractivity contribution >= 4 is 33.2 Å². The molecule has 0 saturated heterocycles. The molecule has 0 bridgehead atoms. The van der Waals surface area contributed by atoms with Crippen molar-refractivity contribution in [2.45, 2.75) is 0 Å². The van der Waals surface area contributed by atoms with Gasteiger partial charge in [-0.3, -0.25) is 4.98 Å². The predicted octanol–water partition coefficient (Wildman–Crippen LogP) is 4.62. The Labute approximate surface area is 102 Å². The summed E-state index contributed by atoms with van der Waals surface area (Å²) in [7, 11) is 0. The van der Waals surface area contributed by atoms with Crippen molar-refractivity contribution in [2.24, 2.45) is 0 Å². The van der Waals surface area contributed by atoms with Gasteiger partial charge in [-0.15, -0.1) is 11.3 Å². The number of aromatic nitrogens is 1. The molecular formula is C13H8ClNS. The molecule has 0 N–H and O–H groups in total. The summed E-state index contributed by atoms with van der Waals surface area (Å²) in [6.07, 6.45) is 1.74. The molecule has 3 heteroatoms. The van der Waals surface area contributed by atoms with Crippen molar-refractivity contribution in [1.82, 2.24) is 4.98 Å². The van der Waals surface area contributed by atoms with Crippen LogP contribution in [-0.2, 0) is 0 Å². The molecule has 0 aliphatic carbocycles. The molecule has 0 spiro atoms. The Balaban J connectivity index is 2.23. The first-order chi connectivity index (χ1) is 7.84. The predicted molar refractivity (Wildman–Crippen MR) is 70.1 cm³/mol. The third kappa shape index (κ3) is 1.60. The van der Waals surface area contributed by atoms with Crippen LogP contribution in [0.5, 0.6) is 0 Å². The maximum atomic E-state index is 6.13. The molecule has 3 rings (SSSR count). The van der Waals surface area contributed by atoms with E-state index in [9.17, 15) is 0 Å². The average molecular weight is 246 g/mol. The quantitative estimate of drug-likeness (QED) is 0.610. The molecule has 0 saturated carbocycles. The second-order valence-corrected chi connectivity index (χ2v) is 4.94. The zero-order valence-electron chi connectivity index (χ0n) is 8.35. The van der Waals surface area contributed by atoms with E-state index in [1.54, 1.807) is 17.5 Å². The zero-order valence-corrected chi connectivity index (χ0v) is 9.92. The lowest BCUT2D eigenvalue weighted by atomic mass is 10.2. The number of pyridine rings is 1. The van der Waals surface area contributed by atoms with E-state index < -0.39 is 0 Å². The Kier molecular flexibility index (Phi) is 2.39.